The molecule has 0 spiro atoms. The van der Waals surface area contributed by atoms with Crippen molar-refractivity contribution in [2.75, 3.05) is 0 Å². The zero-order valence-electron chi connectivity index (χ0n) is 11.1. The summed E-state index contributed by atoms with van der Waals surface area (Å²) in [7, 11) is -3.72. The van der Waals surface area contributed by atoms with Crippen LogP contribution in [0.2, 0.25) is 0 Å². The van der Waals surface area contributed by atoms with Crippen molar-refractivity contribution in [3.63, 3.8) is 0 Å². The van der Waals surface area contributed by atoms with E-state index >= 15 is 0 Å². The Bertz CT molecular complexity index is 803. The molecule has 0 aliphatic heterocycles. The van der Waals surface area contributed by atoms with Gasteiger partial charge in [0.05, 0.1) is 5.75 Å². The van der Waals surface area contributed by atoms with Crippen LogP contribution in [0.5, 0.6) is 5.75 Å². The lowest BCUT2D eigenvalue weighted by Crippen LogP contribution is -2.06. The summed E-state index contributed by atoms with van der Waals surface area (Å²) in [6.07, 6.45) is 1.26. The van der Waals surface area contributed by atoms with Crippen molar-refractivity contribution in [3.05, 3.63) is 70.6 Å². The molecule has 0 saturated heterocycles. The molecule has 0 heterocycles. The van der Waals surface area contributed by atoms with Crippen molar-refractivity contribution >= 4 is 15.9 Å². The predicted molar refractivity (Wildman–Crippen MR) is 80.8 cm³/mol. The van der Waals surface area contributed by atoms with Gasteiger partial charge in [0.15, 0.2) is 9.84 Å². The van der Waals surface area contributed by atoms with Crippen LogP contribution in [0.15, 0.2) is 59.5 Å². The van der Waals surface area contributed by atoms with Crippen LogP contribution >= 0.6 is 0 Å². The quantitative estimate of drug-likeness (QED) is 0.880. The highest BCUT2D eigenvalue weighted by Gasteiger charge is 2.18. The number of hydrogen-bond donors (Lipinski definition) is 1. The van der Waals surface area contributed by atoms with Crippen molar-refractivity contribution in [3.8, 4) is 11.8 Å². The zero-order chi connectivity index (χ0) is 15.3. The van der Waals surface area contributed by atoms with E-state index in [0.29, 0.717) is 11.1 Å². The highest BCUT2D eigenvalue weighted by atomic mass is 32.2. The molecule has 2 aromatic rings. The van der Waals surface area contributed by atoms with Crippen molar-refractivity contribution < 1.29 is 13.5 Å². The normalized spacial score (nSPS) is 11.9. The summed E-state index contributed by atoms with van der Waals surface area (Å²) in [4.78, 5) is -0.322. The van der Waals surface area contributed by atoms with E-state index < -0.39 is 9.84 Å². The van der Waals surface area contributed by atoms with Gasteiger partial charge in [-0.05, 0) is 29.3 Å². The fraction of sp³-hybridized carbons (Fsp3) is 0.0625. The summed E-state index contributed by atoms with van der Waals surface area (Å²) in [5.41, 5.74) is 1.08. The summed E-state index contributed by atoms with van der Waals surface area (Å²) < 4.78 is 24.5. The summed E-state index contributed by atoms with van der Waals surface area (Å²) in [5, 5.41) is 18.5. The predicted octanol–water partition coefficient (Wildman–Crippen LogP) is 2.87. The molecule has 106 valence electrons. The minimum atomic E-state index is -3.72. The maximum atomic E-state index is 12.3. The molecule has 4 nitrogen and oxygen atoms in total. The third-order valence-corrected chi connectivity index (χ3v) is 4.41. The van der Waals surface area contributed by atoms with Crippen LogP contribution in [0.25, 0.3) is 6.08 Å². The van der Waals surface area contributed by atoms with E-state index in [1.807, 2.05) is 0 Å². The zero-order valence-corrected chi connectivity index (χ0v) is 11.9. The molecule has 0 bridgehead atoms. The molecular weight excluding hydrogens is 286 g/mol. The first-order valence-corrected chi connectivity index (χ1v) is 7.84. The van der Waals surface area contributed by atoms with Gasteiger partial charge in [0.2, 0.25) is 0 Å². The van der Waals surface area contributed by atoms with Gasteiger partial charge in [-0.25, -0.2) is 8.42 Å². The second-order valence-corrected chi connectivity index (χ2v) is 6.42. The molecule has 0 unspecified atom stereocenters. The maximum Gasteiger partial charge on any atom is 0.192 e. The van der Waals surface area contributed by atoms with Crippen LogP contribution in [0.4, 0.5) is 0 Å². The molecular formula is C16H13NO3S. The maximum absolute atomic E-state index is 12.3. The van der Waals surface area contributed by atoms with Crippen LogP contribution in [0.1, 0.15) is 11.1 Å². The van der Waals surface area contributed by atoms with E-state index in [9.17, 15) is 13.5 Å². The average molecular weight is 299 g/mol. The van der Waals surface area contributed by atoms with E-state index in [0.717, 1.165) is 0 Å². The Balaban J connectivity index is 2.34. The molecule has 2 aromatic carbocycles. The van der Waals surface area contributed by atoms with E-state index in [1.165, 1.54) is 18.2 Å². The lowest BCUT2D eigenvalue weighted by atomic mass is 10.2. The van der Waals surface area contributed by atoms with E-state index in [-0.39, 0.29) is 16.4 Å². The molecule has 2 rings (SSSR count). The minimum Gasteiger partial charge on any atom is -0.508 e. The Morgan fingerprint density at radius 3 is 2.48 bits per heavy atom. The Labute approximate surface area is 123 Å². The lowest BCUT2D eigenvalue weighted by Gasteiger charge is -2.03. The average Bonchev–Trinajstić information content (AvgIpc) is 2.45. The van der Waals surface area contributed by atoms with Gasteiger partial charge in [-0.2, -0.15) is 5.26 Å². The van der Waals surface area contributed by atoms with Crippen LogP contribution in [-0.4, -0.2) is 13.5 Å². The fourth-order valence-electron chi connectivity index (χ4n) is 1.83. The Hall–Kier alpha value is -2.58. The Morgan fingerprint density at radius 2 is 1.86 bits per heavy atom. The third kappa shape index (κ3) is 3.94. The first-order valence-electron chi connectivity index (χ1n) is 6.19. The fourth-order valence-corrected chi connectivity index (χ4v) is 3.07. The molecule has 21 heavy (non-hydrogen) atoms. The van der Waals surface area contributed by atoms with Gasteiger partial charge in [-0.15, -0.1) is 0 Å². The number of rotatable bonds is 4. The topological polar surface area (TPSA) is 78.2 Å². The lowest BCUT2D eigenvalue weighted by molar-refractivity contribution is 0.475. The van der Waals surface area contributed by atoms with Gasteiger partial charge in [-0.3, -0.25) is 0 Å². The molecule has 1 N–H and O–H groups in total. The monoisotopic (exact) mass is 299 g/mol. The number of phenols is 1. The van der Waals surface area contributed by atoms with Crippen LogP contribution in [0.3, 0.4) is 0 Å². The van der Waals surface area contributed by atoms with Gasteiger partial charge in [0.25, 0.3) is 0 Å². The molecule has 0 atom stereocenters. The van der Waals surface area contributed by atoms with Gasteiger partial charge in [0.1, 0.15) is 16.7 Å². The number of nitriles is 1. The molecule has 5 heteroatoms. The minimum absolute atomic E-state index is 0.0153. The molecule has 0 fully saturated rings. The molecule has 0 radical (unpaired) electrons. The van der Waals surface area contributed by atoms with E-state index in [1.54, 1.807) is 48.5 Å². The third-order valence-electron chi connectivity index (χ3n) is 2.81. The van der Waals surface area contributed by atoms with Crippen LogP contribution < -0.4 is 0 Å². The number of allylic oxidation sites excluding steroid dienone is 1. The molecule has 0 aliphatic carbocycles. The van der Waals surface area contributed by atoms with Crippen molar-refractivity contribution in [1.29, 1.82) is 5.26 Å². The highest BCUT2D eigenvalue weighted by Crippen LogP contribution is 2.19. The van der Waals surface area contributed by atoms with Crippen molar-refractivity contribution in [1.82, 2.24) is 0 Å². The molecule has 0 amide bonds. The first kappa shape index (κ1) is 14.8. The Kier molecular flexibility index (Phi) is 4.41. The number of nitrogens with zero attached hydrogens (tertiary/aromatic N) is 1. The van der Waals surface area contributed by atoms with Crippen molar-refractivity contribution in [2.45, 2.75) is 5.75 Å². The molecule has 0 aliphatic rings. The van der Waals surface area contributed by atoms with E-state index in [2.05, 4.69) is 0 Å². The standard InChI is InChI=1S/C16H13NO3S/c17-11-16(10-14-7-4-8-15(18)9-14)21(19,20)12-13-5-2-1-3-6-13/h1-10,18H,12H2/b16-10+. The van der Waals surface area contributed by atoms with Crippen molar-refractivity contribution in [2.24, 2.45) is 0 Å². The number of aromatic hydroxyl groups is 1. The summed E-state index contributed by atoms with van der Waals surface area (Å²) in [6.45, 7) is 0. The number of hydrogen-bond acceptors (Lipinski definition) is 4. The summed E-state index contributed by atoms with van der Waals surface area (Å²) in [5.74, 6) is -0.215. The summed E-state index contributed by atoms with van der Waals surface area (Å²) >= 11 is 0. The Morgan fingerprint density at radius 1 is 1.14 bits per heavy atom. The van der Waals surface area contributed by atoms with Gasteiger partial charge in [-0.1, -0.05) is 42.5 Å². The highest BCUT2D eigenvalue weighted by molar-refractivity contribution is 7.95. The second-order valence-electron chi connectivity index (χ2n) is 4.46. The van der Waals surface area contributed by atoms with Crippen LogP contribution in [-0.2, 0) is 15.6 Å². The molecule has 0 aromatic heterocycles. The van der Waals surface area contributed by atoms with Gasteiger partial charge in [0, 0.05) is 0 Å². The molecule has 0 saturated carbocycles. The summed E-state index contributed by atoms with van der Waals surface area (Å²) in [6, 6.07) is 16.5. The number of sulfone groups is 1. The smallest absolute Gasteiger partial charge is 0.192 e. The number of benzene rings is 2. The van der Waals surface area contributed by atoms with Gasteiger partial charge < -0.3 is 5.11 Å². The number of phenolic OH excluding ortho intramolecular Hbond substituents is 1. The second kappa shape index (κ2) is 6.25. The van der Waals surface area contributed by atoms with Crippen LogP contribution in [0, 0.1) is 11.3 Å². The largest absolute Gasteiger partial charge is 0.508 e. The van der Waals surface area contributed by atoms with Gasteiger partial charge >= 0.3 is 0 Å². The van der Waals surface area contributed by atoms with E-state index in [4.69, 9.17) is 5.26 Å². The first-order chi connectivity index (χ1) is 10.0. The SMILES string of the molecule is N#C/C(=C\c1cccc(O)c1)S(=O)(=O)Cc1ccccc1.